The van der Waals surface area contributed by atoms with Crippen LogP contribution in [0.2, 0.25) is 0 Å². The topological polar surface area (TPSA) is 12.0 Å². The summed E-state index contributed by atoms with van der Waals surface area (Å²) in [4.78, 5) is 0. The molecule has 0 spiro atoms. The molecular weight excluding hydrogens is 268 g/mol. The van der Waals surface area contributed by atoms with E-state index in [1.807, 2.05) is 0 Å². The summed E-state index contributed by atoms with van der Waals surface area (Å²) in [7, 11) is 0. The fourth-order valence-corrected chi connectivity index (χ4v) is 3.41. The summed E-state index contributed by atoms with van der Waals surface area (Å²) < 4.78 is 28.6. The molecule has 2 atom stereocenters. The Hall–Kier alpha value is -0.960. The zero-order valence-electron chi connectivity index (χ0n) is 13.4. The van der Waals surface area contributed by atoms with Crippen LogP contribution >= 0.6 is 0 Å². The molecule has 0 aromatic heterocycles. The molecule has 1 aromatic carbocycles. The van der Waals surface area contributed by atoms with Gasteiger partial charge in [0, 0.05) is 5.56 Å². The van der Waals surface area contributed by atoms with Gasteiger partial charge in [-0.25, -0.2) is 8.78 Å². The van der Waals surface area contributed by atoms with E-state index in [1.54, 1.807) is 6.92 Å². The maximum Gasteiger partial charge on any atom is 0.132 e. The van der Waals surface area contributed by atoms with E-state index in [-0.39, 0.29) is 17.6 Å². The first kappa shape index (κ1) is 16.4. The van der Waals surface area contributed by atoms with Gasteiger partial charge in [0.15, 0.2) is 0 Å². The van der Waals surface area contributed by atoms with Gasteiger partial charge in [-0.15, -0.1) is 0 Å². The average Bonchev–Trinajstić information content (AvgIpc) is 2.44. The molecule has 21 heavy (non-hydrogen) atoms. The molecule has 1 N–H and O–H groups in total. The van der Waals surface area contributed by atoms with Crippen molar-refractivity contribution in [3.63, 3.8) is 0 Å². The lowest BCUT2D eigenvalue weighted by Crippen LogP contribution is -2.32. The van der Waals surface area contributed by atoms with E-state index in [0.717, 1.165) is 32.4 Å². The van der Waals surface area contributed by atoms with Crippen LogP contribution in [0.5, 0.6) is 0 Å². The summed E-state index contributed by atoms with van der Waals surface area (Å²) in [5.41, 5.74) is 0.872. The van der Waals surface area contributed by atoms with Crippen molar-refractivity contribution in [2.24, 2.45) is 11.8 Å². The Morgan fingerprint density at radius 3 is 2.62 bits per heavy atom. The van der Waals surface area contributed by atoms with Gasteiger partial charge < -0.3 is 5.32 Å². The van der Waals surface area contributed by atoms with Gasteiger partial charge in [-0.1, -0.05) is 32.8 Å². The SMILES string of the molecule is Cc1ccc(F)c(C2CCCCC2CNCC(C)C)c1F. The smallest absolute Gasteiger partial charge is 0.132 e. The van der Waals surface area contributed by atoms with E-state index in [2.05, 4.69) is 19.2 Å². The number of nitrogens with one attached hydrogen (secondary N) is 1. The number of benzene rings is 1. The molecule has 118 valence electrons. The number of halogens is 2. The average molecular weight is 295 g/mol. The molecule has 1 aliphatic carbocycles. The van der Waals surface area contributed by atoms with Crippen molar-refractivity contribution in [3.8, 4) is 0 Å². The van der Waals surface area contributed by atoms with Crippen molar-refractivity contribution in [2.75, 3.05) is 13.1 Å². The van der Waals surface area contributed by atoms with Gasteiger partial charge >= 0.3 is 0 Å². The second-order valence-electron chi connectivity index (χ2n) is 6.80. The quantitative estimate of drug-likeness (QED) is 0.823. The highest BCUT2D eigenvalue weighted by Gasteiger charge is 2.31. The second kappa shape index (κ2) is 7.35. The first-order chi connectivity index (χ1) is 10.0. The molecule has 0 saturated heterocycles. The zero-order valence-corrected chi connectivity index (χ0v) is 13.4. The van der Waals surface area contributed by atoms with Gasteiger partial charge in [-0.05, 0) is 62.2 Å². The minimum absolute atomic E-state index is 0.0123. The largest absolute Gasteiger partial charge is 0.316 e. The van der Waals surface area contributed by atoms with Crippen molar-refractivity contribution in [1.82, 2.24) is 5.32 Å². The highest BCUT2D eigenvalue weighted by Crippen LogP contribution is 2.40. The van der Waals surface area contributed by atoms with Gasteiger partial charge in [0.25, 0.3) is 0 Å². The highest BCUT2D eigenvalue weighted by molar-refractivity contribution is 5.30. The third-order valence-corrected chi connectivity index (χ3v) is 4.56. The Bertz CT molecular complexity index is 471. The van der Waals surface area contributed by atoms with Crippen molar-refractivity contribution < 1.29 is 8.78 Å². The molecule has 3 heteroatoms. The van der Waals surface area contributed by atoms with Crippen LogP contribution < -0.4 is 5.32 Å². The Labute approximate surface area is 127 Å². The lowest BCUT2D eigenvalue weighted by molar-refractivity contribution is 0.280. The molecular formula is C18H27F2N. The fraction of sp³-hybridized carbons (Fsp3) is 0.667. The molecule has 1 aromatic rings. The van der Waals surface area contributed by atoms with Gasteiger partial charge in [0.05, 0.1) is 0 Å². The van der Waals surface area contributed by atoms with E-state index in [4.69, 9.17) is 0 Å². The van der Waals surface area contributed by atoms with Crippen LogP contribution in [0.25, 0.3) is 0 Å². The molecule has 1 saturated carbocycles. The maximum absolute atomic E-state index is 14.4. The second-order valence-corrected chi connectivity index (χ2v) is 6.80. The van der Waals surface area contributed by atoms with Crippen LogP contribution in [0.15, 0.2) is 12.1 Å². The molecule has 0 heterocycles. The lowest BCUT2D eigenvalue weighted by Gasteiger charge is -2.33. The van der Waals surface area contributed by atoms with E-state index in [1.165, 1.54) is 18.6 Å². The summed E-state index contributed by atoms with van der Waals surface area (Å²) in [5, 5.41) is 3.46. The monoisotopic (exact) mass is 295 g/mol. The van der Waals surface area contributed by atoms with Gasteiger partial charge in [0.2, 0.25) is 0 Å². The maximum atomic E-state index is 14.4. The molecule has 1 nitrogen and oxygen atoms in total. The number of aryl methyl sites for hydroxylation is 1. The normalized spacial score (nSPS) is 22.8. The first-order valence-corrected chi connectivity index (χ1v) is 8.16. The van der Waals surface area contributed by atoms with E-state index in [0.29, 0.717) is 23.0 Å². The minimum atomic E-state index is -0.376. The summed E-state index contributed by atoms with van der Waals surface area (Å²) in [6.45, 7) is 7.88. The predicted molar refractivity (Wildman–Crippen MR) is 83.5 cm³/mol. The van der Waals surface area contributed by atoms with E-state index >= 15 is 0 Å². The molecule has 0 aliphatic heterocycles. The third-order valence-electron chi connectivity index (χ3n) is 4.56. The van der Waals surface area contributed by atoms with Crippen LogP contribution in [-0.4, -0.2) is 13.1 Å². The predicted octanol–water partition coefficient (Wildman–Crippen LogP) is 4.79. The third kappa shape index (κ3) is 4.03. The van der Waals surface area contributed by atoms with Crippen molar-refractivity contribution in [3.05, 3.63) is 34.9 Å². The van der Waals surface area contributed by atoms with Gasteiger partial charge in [-0.2, -0.15) is 0 Å². The first-order valence-electron chi connectivity index (χ1n) is 8.16. The minimum Gasteiger partial charge on any atom is -0.316 e. The summed E-state index contributed by atoms with van der Waals surface area (Å²) in [5.74, 6) is 0.232. The number of rotatable bonds is 5. The molecule has 0 amide bonds. The number of hydrogen-bond acceptors (Lipinski definition) is 1. The summed E-state index contributed by atoms with van der Waals surface area (Å²) >= 11 is 0. The lowest BCUT2D eigenvalue weighted by atomic mass is 9.74. The molecule has 0 radical (unpaired) electrons. The van der Waals surface area contributed by atoms with Crippen molar-refractivity contribution in [2.45, 2.75) is 52.4 Å². The van der Waals surface area contributed by atoms with Crippen LogP contribution in [0.4, 0.5) is 8.78 Å². The van der Waals surface area contributed by atoms with Crippen molar-refractivity contribution >= 4 is 0 Å². The highest BCUT2D eigenvalue weighted by atomic mass is 19.1. The van der Waals surface area contributed by atoms with Crippen LogP contribution in [-0.2, 0) is 0 Å². The summed E-state index contributed by atoms with van der Waals surface area (Å²) in [6.07, 6.45) is 4.19. The van der Waals surface area contributed by atoms with Crippen LogP contribution in [0.3, 0.4) is 0 Å². The standard InChI is InChI=1S/C18H27F2N/c1-12(2)10-21-11-14-6-4-5-7-15(14)17-16(19)9-8-13(3)18(17)20/h8-9,12,14-15,21H,4-7,10-11H2,1-3H3. The number of hydrogen-bond donors (Lipinski definition) is 1. The van der Waals surface area contributed by atoms with Gasteiger partial charge in [0.1, 0.15) is 11.6 Å². The van der Waals surface area contributed by atoms with Crippen LogP contribution in [0, 0.1) is 30.4 Å². The zero-order chi connectivity index (χ0) is 15.4. The Morgan fingerprint density at radius 2 is 1.90 bits per heavy atom. The Morgan fingerprint density at radius 1 is 1.19 bits per heavy atom. The molecule has 0 bridgehead atoms. The molecule has 2 unspecified atom stereocenters. The summed E-state index contributed by atoms with van der Waals surface area (Å²) in [6, 6.07) is 2.95. The fourth-order valence-electron chi connectivity index (χ4n) is 3.41. The molecule has 1 aliphatic rings. The molecule has 1 fully saturated rings. The Kier molecular flexibility index (Phi) is 5.74. The van der Waals surface area contributed by atoms with E-state index in [9.17, 15) is 8.78 Å². The van der Waals surface area contributed by atoms with Gasteiger partial charge in [-0.3, -0.25) is 0 Å². The van der Waals surface area contributed by atoms with E-state index < -0.39 is 0 Å². The Balaban J connectivity index is 2.17. The molecule has 2 rings (SSSR count). The van der Waals surface area contributed by atoms with Crippen molar-refractivity contribution in [1.29, 1.82) is 0 Å². The van der Waals surface area contributed by atoms with Crippen LogP contribution in [0.1, 0.15) is 56.6 Å².